The van der Waals surface area contributed by atoms with E-state index in [1.165, 1.54) is 23.5 Å². The molecule has 6 nitrogen and oxygen atoms in total. The number of benzene rings is 1. The fourth-order valence-corrected chi connectivity index (χ4v) is 3.11. The predicted molar refractivity (Wildman–Crippen MR) is 88.3 cm³/mol. The van der Waals surface area contributed by atoms with Crippen LogP contribution in [0.1, 0.15) is 17.8 Å². The number of anilines is 2. The first-order valence-electron chi connectivity index (χ1n) is 7.48. The molecule has 1 saturated heterocycles. The Morgan fingerprint density at radius 1 is 1.26 bits per heavy atom. The topological polar surface area (TPSA) is 70.2 Å². The zero-order chi connectivity index (χ0) is 16.2. The number of piperidine rings is 1. The molecule has 122 valence electrons. The van der Waals surface area contributed by atoms with Gasteiger partial charge in [-0.15, -0.1) is 10.2 Å². The number of hydrogen-bond donors (Lipinski definition) is 2. The molecule has 2 N–H and O–H groups in total. The number of urea groups is 1. The lowest BCUT2D eigenvalue weighted by Crippen LogP contribution is -2.44. The number of aromatic nitrogens is 2. The third kappa shape index (κ3) is 4.16. The van der Waals surface area contributed by atoms with E-state index in [4.69, 9.17) is 0 Å². The van der Waals surface area contributed by atoms with Crippen LogP contribution in [-0.4, -0.2) is 40.3 Å². The van der Waals surface area contributed by atoms with Crippen molar-refractivity contribution in [1.29, 1.82) is 0 Å². The summed E-state index contributed by atoms with van der Waals surface area (Å²) in [6.45, 7) is 3.19. The molecule has 0 saturated carbocycles. The fraction of sp³-hybridized carbons (Fsp3) is 0.400. The van der Waals surface area contributed by atoms with Gasteiger partial charge in [0.15, 0.2) is 0 Å². The van der Waals surface area contributed by atoms with Crippen molar-refractivity contribution in [3.05, 3.63) is 35.1 Å². The Morgan fingerprint density at radius 2 is 1.96 bits per heavy atom. The molecule has 1 aromatic heterocycles. The van der Waals surface area contributed by atoms with Gasteiger partial charge in [0, 0.05) is 24.8 Å². The Labute approximate surface area is 137 Å². The largest absolute Gasteiger partial charge is 0.382 e. The summed E-state index contributed by atoms with van der Waals surface area (Å²) in [4.78, 5) is 13.9. The highest BCUT2D eigenvalue weighted by Gasteiger charge is 2.23. The molecule has 0 aliphatic carbocycles. The van der Waals surface area contributed by atoms with E-state index in [9.17, 15) is 9.18 Å². The van der Waals surface area contributed by atoms with E-state index >= 15 is 0 Å². The quantitative estimate of drug-likeness (QED) is 0.904. The van der Waals surface area contributed by atoms with Gasteiger partial charge in [-0.1, -0.05) is 11.3 Å². The van der Waals surface area contributed by atoms with Crippen molar-refractivity contribution in [3.63, 3.8) is 0 Å². The molecular formula is C15H18FN5OS. The molecule has 0 spiro atoms. The van der Waals surface area contributed by atoms with Gasteiger partial charge >= 0.3 is 6.03 Å². The summed E-state index contributed by atoms with van der Waals surface area (Å²) in [5.74, 6) is -0.242. The molecule has 1 aromatic carbocycles. The van der Waals surface area contributed by atoms with Gasteiger partial charge in [-0.3, -0.25) is 5.32 Å². The average Bonchev–Trinajstić information content (AvgIpc) is 2.95. The summed E-state index contributed by atoms with van der Waals surface area (Å²) in [5.41, 5.74) is 0.902. The first-order chi connectivity index (χ1) is 11.1. The number of nitrogens with one attached hydrogen (secondary N) is 2. The van der Waals surface area contributed by atoms with Crippen LogP contribution >= 0.6 is 11.3 Å². The summed E-state index contributed by atoms with van der Waals surface area (Å²) in [6, 6.07) is 6.48. The molecule has 2 aromatic rings. The average molecular weight is 335 g/mol. The second kappa shape index (κ2) is 6.91. The minimum absolute atomic E-state index is 0.138. The van der Waals surface area contributed by atoms with Crippen molar-refractivity contribution >= 4 is 28.2 Å². The van der Waals surface area contributed by atoms with E-state index in [2.05, 4.69) is 20.8 Å². The number of nitrogens with zero attached hydrogens (tertiary/aromatic N) is 3. The number of halogens is 1. The lowest BCUT2D eigenvalue weighted by Gasteiger charge is -2.32. The molecule has 0 atom stereocenters. The Balaban J connectivity index is 1.48. The van der Waals surface area contributed by atoms with Gasteiger partial charge in [0.05, 0.1) is 0 Å². The van der Waals surface area contributed by atoms with Crippen LogP contribution in [0.3, 0.4) is 0 Å². The maximum Gasteiger partial charge on any atom is 0.323 e. The number of amides is 2. The zero-order valence-corrected chi connectivity index (χ0v) is 13.6. The van der Waals surface area contributed by atoms with E-state index in [0.717, 1.165) is 23.5 Å². The number of carbonyl (C=O) groups is 1. The Kier molecular flexibility index (Phi) is 4.71. The number of hydrogen-bond acceptors (Lipinski definition) is 5. The van der Waals surface area contributed by atoms with E-state index in [0.29, 0.717) is 18.2 Å². The second-order valence-corrected chi connectivity index (χ2v) is 6.65. The summed E-state index contributed by atoms with van der Waals surface area (Å²) in [6.07, 6.45) is 1.69. The number of likely N-dealkylation sites (tertiary alicyclic amines) is 1. The molecule has 1 aliphatic heterocycles. The molecule has 2 heterocycles. The van der Waals surface area contributed by atoms with Gasteiger partial charge in [-0.05, 0) is 44.0 Å². The summed E-state index contributed by atoms with van der Waals surface area (Å²) >= 11 is 1.36. The normalized spacial score (nSPS) is 15.5. The van der Waals surface area contributed by atoms with Crippen molar-refractivity contribution in [2.24, 2.45) is 0 Å². The highest BCUT2D eigenvalue weighted by molar-refractivity contribution is 7.15. The lowest BCUT2D eigenvalue weighted by molar-refractivity contribution is 0.197. The first-order valence-corrected chi connectivity index (χ1v) is 8.30. The molecule has 0 radical (unpaired) electrons. The van der Waals surface area contributed by atoms with E-state index in [-0.39, 0.29) is 17.9 Å². The second-order valence-electron chi connectivity index (χ2n) is 5.47. The van der Waals surface area contributed by atoms with Crippen molar-refractivity contribution < 1.29 is 9.18 Å². The maximum absolute atomic E-state index is 12.9. The molecule has 23 heavy (non-hydrogen) atoms. The van der Waals surface area contributed by atoms with Crippen LogP contribution < -0.4 is 10.6 Å². The Morgan fingerprint density at radius 3 is 2.57 bits per heavy atom. The fourth-order valence-electron chi connectivity index (χ4n) is 2.53. The number of aryl methyl sites for hydroxylation is 1. The zero-order valence-electron chi connectivity index (χ0n) is 12.8. The molecule has 2 amide bonds. The molecule has 8 heteroatoms. The lowest BCUT2D eigenvalue weighted by atomic mass is 10.0. The first kappa shape index (κ1) is 15.7. The maximum atomic E-state index is 12.9. The van der Waals surface area contributed by atoms with Gasteiger partial charge in [0.1, 0.15) is 10.8 Å². The molecule has 0 unspecified atom stereocenters. The summed E-state index contributed by atoms with van der Waals surface area (Å²) in [7, 11) is 0. The van der Waals surface area contributed by atoms with Crippen molar-refractivity contribution in [2.75, 3.05) is 23.7 Å². The Bertz CT molecular complexity index is 667. The Hall–Kier alpha value is -2.22. The van der Waals surface area contributed by atoms with Gasteiger partial charge in [-0.2, -0.15) is 0 Å². The minimum Gasteiger partial charge on any atom is -0.382 e. The van der Waals surface area contributed by atoms with Crippen molar-refractivity contribution in [1.82, 2.24) is 15.1 Å². The van der Waals surface area contributed by atoms with Crippen LogP contribution in [0.2, 0.25) is 0 Å². The molecule has 1 fully saturated rings. The summed E-state index contributed by atoms with van der Waals surface area (Å²) in [5, 5.41) is 15.3. The molecule has 3 rings (SSSR count). The standard InChI is InChI=1S/C15H18FN5OS/c1-10-19-20-14(23-10)18-15(22)21-8-6-13(7-9-21)17-12-4-2-11(16)3-5-12/h2-5,13,17H,6-9H2,1H3,(H,18,20,22). The van der Waals surface area contributed by atoms with Crippen LogP contribution in [0.5, 0.6) is 0 Å². The van der Waals surface area contributed by atoms with Crippen LogP contribution in [0.4, 0.5) is 20.0 Å². The minimum atomic E-state index is -0.242. The monoisotopic (exact) mass is 335 g/mol. The smallest absolute Gasteiger partial charge is 0.323 e. The third-order valence-electron chi connectivity index (χ3n) is 3.74. The SMILES string of the molecule is Cc1nnc(NC(=O)N2CCC(Nc3ccc(F)cc3)CC2)s1. The highest BCUT2D eigenvalue weighted by Crippen LogP contribution is 2.19. The van der Waals surface area contributed by atoms with Gasteiger partial charge in [0.25, 0.3) is 0 Å². The van der Waals surface area contributed by atoms with E-state index in [1.807, 2.05) is 6.92 Å². The van der Waals surface area contributed by atoms with Crippen molar-refractivity contribution in [2.45, 2.75) is 25.8 Å². The molecule has 1 aliphatic rings. The third-order valence-corrected chi connectivity index (χ3v) is 4.49. The highest BCUT2D eigenvalue weighted by atomic mass is 32.1. The molecule has 0 bridgehead atoms. The van der Waals surface area contributed by atoms with Gasteiger partial charge < -0.3 is 10.2 Å². The number of carbonyl (C=O) groups excluding carboxylic acids is 1. The van der Waals surface area contributed by atoms with Crippen LogP contribution in [0.15, 0.2) is 24.3 Å². The predicted octanol–water partition coefficient (Wildman–Crippen LogP) is 3.09. The van der Waals surface area contributed by atoms with Crippen molar-refractivity contribution in [3.8, 4) is 0 Å². The van der Waals surface area contributed by atoms with Crippen LogP contribution in [0.25, 0.3) is 0 Å². The molecular weight excluding hydrogens is 317 g/mol. The van der Waals surface area contributed by atoms with Crippen LogP contribution in [-0.2, 0) is 0 Å². The van der Waals surface area contributed by atoms with Gasteiger partial charge in [0.2, 0.25) is 5.13 Å². The van der Waals surface area contributed by atoms with E-state index < -0.39 is 0 Å². The summed E-state index contributed by atoms with van der Waals surface area (Å²) < 4.78 is 12.9. The number of rotatable bonds is 3. The van der Waals surface area contributed by atoms with Crippen LogP contribution in [0, 0.1) is 12.7 Å². The van der Waals surface area contributed by atoms with Gasteiger partial charge in [-0.25, -0.2) is 9.18 Å². The van der Waals surface area contributed by atoms with E-state index in [1.54, 1.807) is 17.0 Å².